The Morgan fingerprint density at radius 1 is 1.23 bits per heavy atom. The van der Waals surface area contributed by atoms with Gasteiger partial charge in [-0.3, -0.25) is 4.79 Å². The van der Waals surface area contributed by atoms with Gasteiger partial charge in [-0.25, -0.2) is 0 Å². The Labute approximate surface area is 86.9 Å². The maximum Gasteiger partial charge on any atom is 0.230 e. The first kappa shape index (κ1) is 12.8. The van der Waals surface area contributed by atoms with Crippen molar-refractivity contribution < 1.29 is 4.79 Å². The van der Waals surface area contributed by atoms with Crippen LogP contribution in [0.3, 0.4) is 0 Å². The van der Waals surface area contributed by atoms with Crippen LogP contribution in [-0.4, -0.2) is 17.2 Å². The van der Waals surface area contributed by atoms with Crippen molar-refractivity contribution in [3.8, 4) is 0 Å². The van der Waals surface area contributed by atoms with E-state index in [9.17, 15) is 4.79 Å². The van der Waals surface area contributed by atoms with Gasteiger partial charge in [0.2, 0.25) is 5.91 Å². The van der Waals surface area contributed by atoms with Crippen molar-refractivity contribution in [3.05, 3.63) is 0 Å². The van der Waals surface area contributed by atoms with Crippen LogP contribution in [0.1, 0.15) is 41.0 Å². The molecule has 0 aromatic heterocycles. The van der Waals surface area contributed by atoms with Crippen molar-refractivity contribution in [2.75, 3.05) is 5.75 Å². The van der Waals surface area contributed by atoms with E-state index in [1.165, 1.54) is 0 Å². The third kappa shape index (κ3) is 6.94. The zero-order valence-corrected chi connectivity index (χ0v) is 10.2. The average Bonchev–Trinajstić information content (AvgIpc) is 1.80. The summed E-state index contributed by atoms with van der Waals surface area (Å²) in [6, 6.07) is 0. The molecular weight excluding hydrogens is 182 g/mol. The number of hydrogen-bond donors (Lipinski definition) is 2. The monoisotopic (exact) mass is 203 g/mol. The predicted molar refractivity (Wildman–Crippen MR) is 60.1 cm³/mol. The molecule has 0 aliphatic rings. The first-order chi connectivity index (χ1) is 5.66. The lowest BCUT2D eigenvalue weighted by Gasteiger charge is -2.33. The molecule has 0 spiro atoms. The van der Waals surface area contributed by atoms with Crippen LogP contribution in [0, 0.1) is 5.41 Å². The summed E-state index contributed by atoms with van der Waals surface area (Å²) in [7, 11) is 0. The van der Waals surface area contributed by atoms with Gasteiger partial charge < -0.3 is 5.32 Å². The van der Waals surface area contributed by atoms with Crippen molar-refractivity contribution in [3.63, 3.8) is 0 Å². The predicted octanol–water partition coefficient (Wildman–Crippen LogP) is 2.25. The molecule has 0 saturated carbocycles. The fourth-order valence-electron chi connectivity index (χ4n) is 1.79. The molecule has 0 aromatic carbocycles. The standard InChI is InChI=1S/C10H21NOS/c1-9(2,3)7-10(4,5)11-8(12)6-13/h13H,6-7H2,1-5H3,(H,11,12). The fraction of sp³-hybridized carbons (Fsp3) is 0.900. The molecule has 1 amide bonds. The van der Waals surface area contributed by atoms with Crippen LogP contribution in [0.15, 0.2) is 0 Å². The molecule has 0 aliphatic carbocycles. The highest BCUT2D eigenvalue weighted by molar-refractivity contribution is 7.81. The van der Waals surface area contributed by atoms with E-state index in [1.807, 2.05) is 13.8 Å². The van der Waals surface area contributed by atoms with Gasteiger partial charge in [-0.05, 0) is 25.7 Å². The van der Waals surface area contributed by atoms with E-state index in [1.54, 1.807) is 0 Å². The van der Waals surface area contributed by atoms with E-state index >= 15 is 0 Å². The second kappa shape index (κ2) is 4.36. The van der Waals surface area contributed by atoms with E-state index in [-0.39, 0.29) is 22.6 Å². The van der Waals surface area contributed by atoms with Crippen molar-refractivity contribution in [2.45, 2.75) is 46.6 Å². The average molecular weight is 203 g/mol. The Balaban J connectivity index is 4.16. The number of thiol groups is 1. The molecule has 13 heavy (non-hydrogen) atoms. The van der Waals surface area contributed by atoms with Gasteiger partial charge in [0, 0.05) is 5.54 Å². The van der Waals surface area contributed by atoms with E-state index in [0.29, 0.717) is 0 Å². The number of nitrogens with one attached hydrogen (secondary N) is 1. The zero-order valence-electron chi connectivity index (χ0n) is 9.27. The lowest BCUT2D eigenvalue weighted by Crippen LogP contribution is -2.46. The molecule has 0 atom stereocenters. The summed E-state index contributed by atoms with van der Waals surface area (Å²) in [4.78, 5) is 11.1. The number of carbonyl (C=O) groups excluding carboxylic acids is 1. The van der Waals surface area contributed by atoms with Gasteiger partial charge in [0.05, 0.1) is 5.75 Å². The van der Waals surface area contributed by atoms with Gasteiger partial charge in [-0.1, -0.05) is 20.8 Å². The highest BCUT2D eigenvalue weighted by atomic mass is 32.1. The molecule has 0 heterocycles. The largest absolute Gasteiger partial charge is 0.350 e. The minimum atomic E-state index is -0.141. The second-order valence-electron chi connectivity index (χ2n) is 5.33. The molecule has 3 heteroatoms. The van der Waals surface area contributed by atoms with Crippen LogP contribution in [0.5, 0.6) is 0 Å². The van der Waals surface area contributed by atoms with E-state index < -0.39 is 0 Å². The summed E-state index contributed by atoms with van der Waals surface area (Å²) in [5.74, 6) is 0.255. The number of amides is 1. The summed E-state index contributed by atoms with van der Waals surface area (Å²) in [6.45, 7) is 10.6. The smallest absolute Gasteiger partial charge is 0.230 e. The Morgan fingerprint density at radius 2 is 1.69 bits per heavy atom. The zero-order chi connectivity index (χ0) is 10.7. The van der Waals surface area contributed by atoms with Gasteiger partial charge in [0.15, 0.2) is 0 Å². The normalized spacial score (nSPS) is 12.8. The molecule has 0 aromatic rings. The highest BCUT2D eigenvalue weighted by Crippen LogP contribution is 2.26. The van der Waals surface area contributed by atoms with Crippen molar-refractivity contribution in [2.24, 2.45) is 5.41 Å². The first-order valence-electron chi connectivity index (χ1n) is 4.58. The molecule has 78 valence electrons. The molecule has 0 unspecified atom stereocenters. The maximum atomic E-state index is 11.1. The molecular formula is C10H21NOS. The van der Waals surface area contributed by atoms with Crippen LogP contribution in [-0.2, 0) is 4.79 Å². The minimum Gasteiger partial charge on any atom is -0.350 e. The SMILES string of the molecule is CC(C)(C)CC(C)(C)NC(=O)CS. The van der Waals surface area contributed by atoms with Crippen LogP contribution in [0.25, 0.3) is 0 Å². The summed E-state index contributed by atoms with van der Waals surface area (Å²) in [6.07, 6.45) is 0.958. The molecule has 0 radical (unpaired) electrons. The molecule has 2 nitrogen and oxygen atoms in total. The Kier molecular flexibility index (Phi) is 4.30. The van der Waals surface area contributed by atoms with Crippen LogP contribution in [0.4, 0.5) is 0 Å². The second-order valence-corrected chi connectivity index (χ2v) is 5.64. The molecule has 0 rings (SSSR count). The van der Waals surface area contributed by atoms with Gasteiger partial charge in [-0.15, -0.1) is 0 Å². The Bertz CT molecular complexity index is 182. The molecule has 0 fully saturated rings. The fourth-order valence-corrected chi connectivity index (χ4v) is 1.87. The molecule has 0 saturated heterocycles. The van der Waals surface area contributed by atoms with Gasteiger partial charge in [0.25, 0.3) is 0 Å². The summed E-state index contributed by atoms with van der Waals surface area (Å²) < 4.78 is 0. The van der Waals surface area contributed by atoms with E-state index in [4.69, 9.17) is 0 Å². The third-order valence-electron chi connectivity index (χ3n) is 1.59. The molecule has 0 aliphatic heterocycles. The van der Waals surface area contributed by atoms with Crippen molar-refractivity contribution in [1.82, 2.24) is 5.32 Å². The Hall–Kier alpha value is -0.180. The van der Waals surface area contributed by atoms with Crippen LogP contribution >= 0.6 is 12.6 Å². The quantitative estimate of drug-likeness (QED) is 0.677. The Morgan fingerprint density at radius 3 is 2.00 bits per heavy atom. The molecule has 1 N–H and O–H groups in total. The first-order valence-corrected chi connectivity index (χ1v) is 5.21. The number of hydrogen-bond acceptors (Lipinski definition) is 2. The lowest BCUT2D eigenvalue weighted by molar-refractivity contribution is -0.120. The summed E-state index contributed by atoms with van der Waals surface area (Å²) >= 11 is 3.93. The van der Waals surface area contributed by atoms with Crippen molar-refractivity contribution >= 4 is 18.5 Å². The van der Waals surface area contributed by atoms with Crippen LogP contribution in [0.2, 0.25) is 0 Å². The summed E-state index contributed by atoms with van der Waals surface area (Å²) in [5, 5.41) is 2.95. The number of carbonyl (C=O) groups is 1. The minimum absolute atomic E-state index is 0.00224. The van der Waals surface area contributed by atoms with Gasteiger partial charge in [0.1, 0.15) is 0 Å². The van der Waals surface area contributed by atoms with Gasteiger partial charge in [-0.2, -0.15) is 12.6 Å². The topological polar surface area (TPSA) is 29.1 Å². The third-order valence-corrected chi connectivity index (χ3v) is 1.88. The van der Waals surface area contributed by atoms with E-state index in [2.05, 4.69) is 38.7 Å². The maximum absolute atomic E-state index is 11.1. The van der Waals surface area contributed by atoms with E-state index in [0.717, 1.165) is 6.42 Å². The number of rotatable bonds is 3. The van der Waals surface area contributed by atoms with Crippen LogP contribution < -0.4 is 5.32 Å². The highest BCUT2D eigenvalue weighted by Gasteiger charge is 2.26. The molecule has 0 bridgehead atoms. The summed E-state index contributed by atoms with van der Waals surface area (Å²) in [5.41, 5.74) is 0.0887. The van der Waals surface area contributed by atoms with Gasteiger partial charge >= 0.3 is 0 Å². The van der Waals surface area contributed by atoms with Crippen molar-refractivity contribution in [1.29, 1.82) is 0 Å². The lowest BCUT2D eigenvalue weighted by atomic mass is 9.82.